The van der Waals surface area contributed by atoms with Crippen LogP contribution in [0.15, 0.2) is 48.5 Å². The fourth-order valence-corrected chi connectivity index (χ4v) is 3.37. The summed E-state index contributed by atoms with van der Waals surface area (Å²) in [5.41, 5.74) is 4.06. The number of carbonyl (C=O) groups excluding carboxylic acids is 2. The van der Waals surface area contributed by atoms with E-state index in [4.69, 9.17) is 0 Å². The summed E-state index contributed by atoms with van der Waals surface area (Å²) in [6.45, 7) is 7.19. The highest BCUT2D eigenvalue weighted by Crippen LogP contribution is 2.41. The molecular formula is C22H26N2O2. The molecule has 1 aliphatic carbocycles. The first-order chi connectivity index (χ1) is 12.5. The van der Waals surface area contributed by atoms with Gasteiger partial charge in [0.05, 0.1) is 11.8 Å². The zero-order valence-electron chi connectivity index (χ0n) is 15.7. The van der Waals surface area contributed by atoms with Gasteiger partial charge in [-0.1, -0.05) is 48.5 Å². The number of aryl methyl sites for hydroxylation is 2. The first-order valence-corrected chi connectivity index (χ1v) is 9.21. The summed E-state index contributed by atoms with van der Waals surface area (Å²) in [4.78, 5) is 27.2. The van der Waals surface area contributed by atoms with Crippen molar-refractivity contribution in [3.63, 3.8) is 0 Å². The molecule has 1 saturated carbocycles. The first kappa shape index (κ1) is 18.2. The normalized spacial score (nSPS) is 18.3. The molecule has 1 fully saturated rings. The van der Waals surface area contributed by atoms with Gasteiger partial charge in [0.1, 0.15) is 0 Å². The van der Waals surface area contributed by atoms with E-state index >= 15 is 0 Å². The van der Waals surface area contributed by atoms with Crippen molar-refractivity contribution in [2.75, 3.05) is 11.9 Å². The molecule has 0 heterocycles. The van der Waals surface area contributed by atoms with Crippen molar-refractivity contribution in [1.29, 1.82) is 0 Å². The molecule has 136 valence electrons. The molecular weight excluding hydrogens is 324 g/mol. The standard InChI is InChI=1S/C22H26N2O2/c1-4-24(14-17-11-6-5-7-12-17)22(26)19-13-18(19)21(25)23-20-15(2)9-8-10-16(20)3/h5-12,18-19H,4,13-14H2,1-3H3,(H,23,25). The molecule has 4 nitrogen and oxygen atoms in total. The Morgan fingerprint density at radius 3 is 2.27 bits per heavy atom. The van der Waals surface area contributed by atoms with Crippen molar-refractivity contribution in [3.05, 3.63) is 65.2 Å². The highest BCUT2D eigenvalue weighted by molar-refractivity contribution is 6.00. The molecule has 1 aliphatic rings. The Balaban J connectivity index is 1.61. The summed E-state index contributed by atoms with van der Waals surface area (Å²) in [7, 11) is 0. The summed E-state index contributed by atoms with van der Waals surface area (Å²) in [6, 6.07) is 15.9. The number of anilines is 1. The lowest BCUT2D eigenvalue weighted by Gasteiger charge is -2.21. The zero-order valence-corrected chi connectivity index (χ0v) is 15.7. The topological polar surface area (TPSA) is 49.4 Å². The maximum Gasteiger partial charge on any atom is 0.228 e. The van der Waals surface area contributed by atoms with Crippen molar-refractivity contribution in [2.24, 2.45) is 11.8 Å². The molecule has 2 unspecified atom stereocenters. The van der Waals surface area contributed by atoms with Crippen LogP contribution in [-0.4, -0.2) is 23.3 Å². The van der Waals surface area contributed by atoms with E-state index < -0.39 is 0 Å². The summed E-state index contributed by atoms with van der Waals surface area (Å²) in [5.74, 6) is -0.371. The Kier molecular flexibility index (Phi) is 5.40. The number of hydrogen-bond donors (Lipinski definition) is 1. The van der Waals surface area contributed by atoms with E-state index in [-0.39, 0.29) is 23.7 Å². The van der Waals surface area contributed by atoms with Crippen LogP contribution in [0.4, 0.5) is 5.69 Å². The second-order valence-corrected chi connectivity index (χ2v) is 7.04. The lowest BCUT2D eigenvalue weighted by Crippen LogP contribution is -2.33. The average molecular weight is 350 g/mol. The lowest BCUT2D eigenvalue weighted by molar-refractivity contribution is -0.134. The van der Waals surface area contributed by atoms with Gasteiger partial charge in [-0.15, -0.1) is 0 Å². The molecule has 0 bridgehead atoms. The average Bonchev–Trinajstić information content (AvgIpc) is 3.44. The molecule has 2 atom stereocenters. The molecule has 0 aliphatic heterocycles. The van der Waals surface area contributed by atoms with E-state index in [0.29, 0.717) is 19.5 Å². The molecule has 0 radical (unpaired) electrons. The van der Waals surface area contributed by atoms with Gasteiger partial charge in [-0.3, -0.25) is 9.59 Å². The van der Waals surface area contributed by atoms with Crippen LogP contribution in [0, 0.1) is 25.7 Å². The van der Waals surface area contributed by atoms with Crippen molar-refractivity contribution >= 4 is 17.5 Å². The highest BCUT2D eigenvalue weighted by Gasteiger charge is 2.49. The van der Waals surface area contributed by atoms with Crippen molar-refractivity contribution in [3.8, 4) is 0 Å². The van der Waals surface area contributed by atoms with Crippen LogP contribution in [0.1, 0.15) is 30.0 Å². The maximum atomic E-state index is 12.8. The minimum atomic E-state index is -0.216. The molecule has 26 heavy (non-hydrogen) atoms. The van der Waals surface area contributed by atoms with Crippen LogP contribution in [0.3, 0.4) is 0 Å². The molecule has 3 rings (SSSR count). The Bertz CT molecular complexity index is 781. The minimum absolute atomic E-state index is 0.0449. The van der Waals surface area contributed by atoms with Crippen LogP contribution < -0.4 is 5.32 Å². The predicted octanol–water partition coefficient (Wildman–Crippen LogP) is 3.93. The number of rotatable bonds is 6. The maximum absolute atomic E-state index is 12.8. The molecule has 2 amide bonds. The second-order valence-electron chi connectivity index (χ2n) is 7.04. The number of amides is 2. The van der Waals surface area contributed by atoms with E-state index in [1.807, 2.05) is 74.2 Å². The van der Waals surface area contributed by atoms with Crippen molar-refractivity contribution < 1.29 is 9.59 Å². The fraction of sp³-hybridized carbons (Fsp3) is 0.364. The predicted molar refractivity (Wildman–Crippen MR) is 104 cm³/mol. The Labute approximate surface area is 155 Å². The third-order valence-electron chi connectivity index (χ3n) is 5.08. The lowest BCUT2D eigenvalue weighted by atomic mass is 10.1. The van der Waals surface area contributed by atoms with E-state index in [1.165, 1.54) is 0 Å². The number of nitrogens with one attached hydrogen (secondary N) is 1. The molecule has 1 N–H and O–H groups in total. The summed E-state index contributed by atoms with van der Waals surface area (Å²) in [6.07, 6.45) is 0.640. The number of benzene rings is 2. The first-order valence-electron chi connectivity index (χ1n) is 9.21. The summed E-state index contributed by atoms with van der Waals surface area (Å²) in [5, 5.41) is 3.02. The van der Waals surface area contributed by atoms with Gasteiger partial charge in [0.25, 0.3) is 0 Å². The molecule has 2 aromatic carbocycles. The SMILES string of the molecule is CCN(Cc1ccccc1)C(=O)C1CC1C(=O)Nc1c(C)cccc1C. The van der Waals surface area contributed by atoms with Gasteiger partial charge in [-0.05, 0) is 43.9 Å². The molecule has 2 aromatic rings. The van der Waals surface area contributed by atoms with Crippen LogP contribution in [-0.2, 0) is 16.1 Å². The summed E-state index contributed by atoms with van der Waals surface area (Å²) < 4.78 is 0. The smallest absolute Gasteiger partial charge is 0.228 e. The van der Waals surface area contributed by atoms with Crippen LogP contribution in [0.2, 0.25) is 0 Å². The van der Waals surface area contributed by atoms with E-state index in [2.05, 4.69) is 5.32 Å². The number of carbonyl (C=O) groups is 2. The molecule has 0 aromatic heterocycles. The zero-order chi connectivity index (χ0) is 18.7. The van der Waals surface area contributed by atoms with Crippen LogP contribution in [0.5, 0.6) is 0 Å². The van der Waals surface area contributed by atoms with E-state index in [1.54, 1.807) is 0 Å². The van der Waals surface area contributed by atoms with Gasteiger partial charge >= 0.3 is 0 Å². The Morgan fingerprint density at radius 1 is 1.00 bits per heavy atom. The van der Waals surface area contributed by atoms with Gasteiger partial charge in [-0.25, -0.2) is 0 Å². The molecule has 0 spiro atoms. The number of hydrogen-bond acceptors (Lipinski definition) is 2. The minimum Gasteiger partial charge on any atom is -0.338 e. The number of para-hydroxylation sites is 1. The van der Waals surface area contributed by atoms with E-state index in [0.717, 1.165) is 22.4 Å². The number of nitrogens with zero attached hydrogens (tertiary/aromatic N) is 1. The largest absolute Gasteiger partial charge is 0.338 e. The quantitative estimate of drug-likeness (QED) is 0.858. The Hall–Kier alpha value is -2.62. The fourth-order valence-electron chi connectivity index (χ4n) is 3.37. The van der Waals surface area contributed by atoms with Gasteiger partial charge in [-0.2, -0.15) is 0 Å². The molecule has 0 saturated heterocycles. The van der Waals surface area contributed by atoms with Gasteiger partial charge < -0.3 is 10.2 Å². The highest BCUT2D eigenvalue weighted by atomic mass is 16.2. The third kappa shape index (κ3) is 3.96. The Morgan fingerprint density at radius 2 is 1.65 bits per heavy atom. The monoisotopic (exact) mass is 350 g/mol. The second kappa shape index (κ2) is 7.73. The van der Waals surface area contributed by atoms with Crippen molar-refractivity contribution in [2.45, 2.75) is 33.7 Å². The van der Waals surface area contributed by atoms with Crippen LogP contribution >= 0.6 is 0 Å². The van der Waals surface area contributed by atoms with Gasteiger partial charge in [0, 0.05) is 18.8 Å². The third-order valence-corrected chi connectivity index (χ3v) is 5.08. The van der Waals surface area contributed by atoms with E-state index in [9.17, 15) is 9.59 Å². The van der Waals surface area contributed by atoms with Gasteiger partial charge in [0.2, 0.25) is 11.8 Å². The van der Waals surface area contributed by atoms with Crippen LogP contribution in [0.25, 0.3) is 0 Å². The molecule has 4 heteroatoms. The van der Waals surface area contributed by atoms with Gasteiger partial charge in [0.15, 0.2) is 0 Å². The summed E-state index contributed by atoms with van der Waals surface area (Å²) >= 11 is 0. The van der Waals surface area contributed by atoms with Crippen molar-refractivity contribution in [1.82, 2.24) is 4.90 Å².